The Kier molecular flexibility index (Phi) is 4.97. The summed E-state index contributed by atoms with van der Waals surface area (Å²) in [6.45, 7) is 8.35. The van der Waals surface area contributed by atoms with Crippen molar-refractivity contribution in [3.05, 3.63) is 35.9 Å². The minimum absolute atomic E-state index is 0.000202. The van der Waals surface area contributed by atoms with Crippen molar-refractivity contribution in [3.63, 3.8) is 0 Å². The van der Waals surface area contributed by atoms with E-state index in [1.54, 1.807) is 0 Å². The lowest BCUT2D eigenvalue weighted by Crippen LogP contribution is -2.48. The summed E-state index contributed by atoms with van der Waals surface area (Å²) in [5.41, 5.74) is 7.46. The Bertz CT molecular complexity index is 378. The van der Waals surface area contributed by atoms with Gasteiger partial charge in [0.15, 0.2) is 0 Å². The fourth-order valence-electron chi connectivity index (χ4n) is 2.71. The first-order chi connectivity index (χ1) is 9.07. The summed E-state index contributed by atoms with van der Waals surface area (Å²) in [6.07, 6.45) is 2.19. The van der Waals surface area contributed by atoms with Gasteiger partial charge < -0.3 is 10.5 Å². The molecule has 19 heavy (non-hydrogen) atoms. The molecule has 1 unspecified atom stereocenters. The van der Waals surface area contributed by atoms with Crippen LogP contribution >= 0.6 is 0 Å². The lowest BCUT2D eigenvalue weighted by Gasteiger charge is -2.38. The molecule has 1 aromatic carbocycles. The third-order valence-corrected chi connectivity index (χ3v) is 3.72. The Morgan fingerprint density at radius 3 is 2.74 bits per heavy atom. The number of nitrogens with two attached hydrogens (primary N) is 1. The molecule has 2 N–H and O–H groups in total. The predicted octanol–water partition coefficient (Wildman–Crippen LogP) is 2.58. The fraction of sp³-hybridized carbons (Fsp3) is 0.625. The van der Waals surface area contributed by atoms with E-state index in [4.69, 9.17) is 10.5 Å². The molecule has 0 amide bonds. The monoisotopic (exact) mass is 262 g/mol. The van der Waals surface area contributed by atoms with Crippen LogP contribution in [0.3, 0.4) is 0 Å². The molecule has 2 rings (SSSR count). The van der Waals surface area contributed by atoms with Gasteiger partial charge in [-0.3, -0.25) is 4.90 Å². The molecule has 1 aromatic rings. The third-order valence-electron chi connectivity index (χ3n) is 3.72. The smallest absolute Gasteiger partial charge is 0.0753 e. The lowest BCUT2D eigenvalue weighted by atomic mass is 10.0. The summed E-state index contributed by atoms with van der Waals surface area (Å²) in [5, 5.41) is 0. The zero-order valence-electron chi connectivity index (χ0n) is 12.1. The van der Waals surface area contributed by atoms with Crippen LogP contribution in [0.2, 0.25) is 0 Å². The van der Waals surface area contributed by atoms with Gasteiger partial charge in [-0.25, -0.2) is 0 Å². The molecule has 0 radical (unpaired) electrons. The van der Waals surface area contributed by atoms with Crippen molar-refractivity contribution in [2.45, 2.75) is 38.3 Å². The van der Waals surface area contributed by atoms with Crippen molar-refractivity contribution in [2.75, 3.05) is 26.2 Å². The highest BCUT2D eigenvalue weighted by molar-refractivity contribution is 5.18. The maximum Gasteiger partial charge on any atom is 0.0753 e. The van der Waals surface area contributed by atoms with Crippen molar-refractivity contribution in [1.29, 1.82) is 0 Å². The second kappa shape index (κ2) is 6.51. The molecule has 1 aliphatic heterocycles. The molecule has 0 saturated carbocycles. The van der Waals surface area contributed by atoms with Crippen LogP contribution in [0, 0.1) is 0 Å². The number of morpholine rings is 1. The van der Waals surface area contributed by atoms with Gasteiger partial charge in [-0.15, -0.1) is 0 Å². The zero-order valence-corrected chi connectivity index (χ0v) is 12.1. The van der Waals surface area contributed by atoms with E-state index in [9.17, 15) is 0 Å². The molecule has 1 saturated heterocycles. The topological polar surface area (TPSA) is 38.5 Å². The van der Waals surface area contributed by atoms with Crippen LogP contribution in [0.1, 0.15) is 38.3 Å². The second-order valence-corrected chi connectivity index (χ2v) is 6.04. The van der Waals surface area contributed by atoms with Gasteiger partial charge in [-0.1, -0.05) is 30.3 Å². The number of benzene rings is 1. The lowest BCUT2D eigenvalue weighted by molar-refractivity contribution is -0.0861. The van der Waals surface area contributed by atoms with Crippen molar-refractivity contribution in [3.8, 4) is 0 Å². The van der Waals surface area contributed by atoms with Gasteiger partial charge in [-0.2, -0.15) is 0 Å². The van der Waals surface area contributed by atoms with Crippen LogP contribution in [0.4, 0.5) is 0 Å². The van der Waals surface area contributed by atoms with Crippen molar-refractivity contribution < 1.29 is 4.74 Å². The predicted molar refractivity (Wildman–Crippen MR) is 79.1 cm³/mol. The van der Waals surface area contributed by atoms with Crippen molar-refractivity contribution >= 4 is 0 Å². The summed E-state index contributed by atoms with van der Waals surface area (Å²) < 4.78 is 5.73. The number of ether oxygens (including phenoxy) is 1. The summed E-state index contributed by atoms with van der Waals surface area (Å²) in [6, 6.07) is 10.5. The van der Waals surface area contributed by atoms with Gasteiger partial charge >= 0.3 is 0 Å². The number of hydrogen-bond acceptors (Lipinski definition) is 3. The van der Waals surface area contributed by atoms with E-state index in [0.717, 1.165) is 39.1 Å². The van der Waals surface area contributed by atoms with Gasteiger partial charge in [0.1, 0.15) is 0 Å². The van der Waals surface area contributed by atoms with Gasteiger partial charge in [0.2, 0.25) is 0 Å². The van der Waals surface area contributed by atoms with E-state index in [-0.39, 0.29) is 11.6 Å². The highest BCUT2D eigenvalue weighted by Crippen LogP contribution is 2.19. The van der Waals surface area contributed by atoms with Crippen LogP contribution in [-0.4, -0.2) is 36.7 Å². The normalized spacial score (nSPS) is 21.2. The standard InChI is InChI=1S/C16H26N2O/c1-16(2)13-18(11-12-19-16)10-6-9-15(17)14-7-4-3-5-8-14/h3-5,7-8,15H,6,9-13,17H2,1-2H3. The summed E-state index contributed by atoms with van der Waals surface area (Å²) in [7, 11) is 0. The van der Waals surface area contributed by atoms with Gasteiger partial charge in [-0.05, 0) is 38.8 Å². The number of hydrogen-bond donors (Lipinski definition) is 1. The molecule has 3 heteroatoms. The van der Waals surface area contributed by atoms with Crippen LogP contribution in [0.25, 0.3) is 0 Å². The number of rotatable bonds is 5. The van der Waals surface area contributed by atoms with E-state index in [1.807, 2.05) is 6.07 Å². The molecule has 0 spiro atoms. The largest absolute Gasteiger partial charge is 0.373 e. The Labute approximate surface area is 116 Å². The maximum atomic E-state index is 6.22. The molecule has 0 bridgehead atoms. The van der Waals surface area contributed by atoms with Gasteiger partial charge in [0, 0.05) is 19.1 Å². The third kappa shape index (κ3) is 4.60. The van der Waals surface area contributed by atoms with Crippen molar-refractivity contribution in [2.24, 2.45) is 5.73 Å². The first-order valence-electron chi connectivity index (χ1n) is 7.24. The molecular weight excluding hydrogens is 236 g/mol. The Balaban J connectivity index is 1.72. The Morgan fingerprint density at radius 1 is 1.32 bits per heavy atom. The SMILES string of the molecule is CC1(C)CN(CCCC(N)c2ccccc2)CCO1. The first-order valence-corrected chi connectivity index (χ1v) is 7.24. The summed E-state index contributed by atoms with van der Waals surface area (Å²) in [5.74, 6) is 0. The van der Waals surface area contributed by atoms with E-state index in [1.165, 1.54) is 5.56 Å². The molecule has 1 aliphatic rings. The Hall–Kier alpha value is -0.900. The van der Waals surface area contributed by atoms with E-state index < -0.39 is 0 Å². The molecular formula is C16H26N2O. The van der Waals surface area contributed by atoms with Crippen LogP contribution in [0.5, 0.6) is 0 Å². The van der Waals surface area contributed by atoms with Crippen LogP contribution in [0.15, 0.2) is 30.3 Å². The van der Waals surface area contributed by atoms with Gasteiger partial charge in [0.25, 0.3) is 0 Å². The highest BCUT2D eigenvalue weighted by atomic mass is 16.5. The minimum atomic E-state index is -0.000202. The van der Waals surface area contributed by atoms with E-state index in [2.05, 4.69) is 43.0 Å². The summed E-state index contributed by atoms with van der Waals surface area (Å²) in [4.78, 5) is 2.49. The molecule has 1 heterocycles. The average Bonchev–Trinajstić information content (AvgIpc) is 2.38. The molecule has 3 nitrogen and oxygen atoms in total. The fourth-order valence-corrected chi connectivity index (χ4v) is 2.71. The van der Waals surface area contributed by atoms with Crippen LogP contribution in [-0.2, 0) is 4.74 Å². The van der Waals surface area contributed by atoms with E-state index >= 15 is 0 Å². The first kappa shape index (κ1) is 14.5. The average molecular weight is 262 g/mol. The number of nitrogens with zero attached hydrogens (tertiary/aromatic N) is 1. The molecule has 106 valence electrons. The minimum Gasteiger partial charge on any atom is -0.373 e. The second-order valence-electron chi connectivity index (χ2n) is 6.04. The van der Waals surface area contributed by atoms with Crippen molar-refractivity contribution in [1.82, 2.24) is 4.90 Å². The zero-order chi connectivity index (χ0) is 13.7. The maximum absolute atomic E-state index is 6.22. The molecule has 0 aliphatic carbocycles. The molecule has 0 aromatic heterocycles. The summed E-state index contributed by atoms with van der Waals surface area (Å²) >= 11 is 0. The molecule has 1 atom stereocenters. The quantitative estimate of drug-likeness (QED) is 0.886. The highest BCUT2D eigenvalue weighted by Gasteiger charge is 2.26. The van der Waals surface area contributed by atoms with Gasteiger partial charge in [0.05, 0.1) is 12.2 Å². The van der Waals surface area contributed by atoms with E-state index in [0.29, 0.717) is 0 Å². The van der Waals surface area contributed by atoms with Crippen LogP contribution < -0.4 is 5.73 Å². The Morgan fingerprint density at radius 2 is 2.05 bits per heavy atom. The molecule has 1 fully saturated rings.